The normalized spacial score (nSPS) is 25.9. The Morgan fingerprint density at radius 1 is 1.11 bits per heavy atom. The van der Waals surface area contributed by atoms with Crippen LogP contribution in [0.5, 0.6) is 0 Å². The van der Waals surface area contributed by atoms with Crippen LogP contribution in [-0.4, -0.2) is 51.1 Å². The zero-order valence-electron chi connectivity index (χ0n) is 11.4. The molecule has 1 heterocycles. The van der Waals surface area contributed by atoms with E-state index in [4.69, 9.17) is 10.5 Å². The summed E-state index contributed by atoms with van der Waals surface area (Å²) in [6.45, 7) is 2.12. The predicted molar refractivity (Wildman–Crippen MR) is 73.9 cm³/mol. The molecule has 2 aliphatic rings. The Kier molecular flexibility index (Phi) is 5.19. The number of nitrogens with two attached hydrogens (primary N) is 1. The van der Waals surface area contributed by atoms with Gasteiger partial charge in [0.2, 0.25) is 0 Å². The summed E-state index contributed by atoms with van der Waals surface area (Å²) in [6, 6.07) is 0. The number of ether oxygens (including phenoxy) is 1. The van der Waals surface area contributed by atoms with Crippen molar-refractivity contribution in [3.05, 3.63) is 0 Å². The highest BCUT2D eigenvalue weighted by atomic mass is 32.2. The van der Waals surface area contributed by atoms with Crippen LogP contribution in [0, 0.1) is 0 Å². The van der Waals surface area contributed by atoms with E-state index < -0.39 is 10.2 Å². The molecule has 1 aliphatic heterocycles. The molecule has 7 heteroatoms. The van der Waals surface area contributed by atoms with Gasteiger partial charge in [-0.05, 0) is 12.8 Å². The molecule has 19 heavy (non-hydrogen) atoms. The highest BCUT2D eigenvalue weighted by Gasteiger charge is 2.30. The second-order valence-electron chi connectivity index (χ2n) is 5.61. The fourth-order valence-electron chi connectivity index (χ4n) is 2.72. The van der Waals surface area contributed by atoms with E-state index in [1.165, 1.54) is 17.1 Å². The van der Waals surface area contributed by atoms with E-state index in [9.17, 15) is 8.42 Å². The molecular formula is C12H25N3O3S. The summed E-state index contributed by atoms with van der Waals surface area (Å²) in [7, 11) is -3.41. The highest BCUT2D eigenvalue weighted by molar-refractivity contribution is 7.87. The molecule has 0 unspecified atom stereocenters. The van der Waals surface area contributed by atoms with E-state index in [0.29, 0.717) is 32.8 Å². The second-order valence-corrected chi connectivity index (χ2v) is 7.37. The molecule has 6 nitrogen and oxygen atoms in total. The molecule has 0 aromatic carbocycles. The van der Waals surface area contributed by atoms with Gasteiger partial charge in [-0.25, -0.2) is 4.72 Å². The number of hydrogen-bond acceptors (Lipinski definition) is 4. The molecule has 0 radical (unpaired) electrons. The van der Waals surface area contributed by atoms with Gasteiger partial charge in [-0.1, -0.05) is 25.7 Å². The van der Waals surface area contributed by atoms with Crippen molar-refractivity contribution in [1.82, 2.24) is 9.03 Å². The van der Waals surface area contributed by atoms with Crippen molar-refractivity contribution in [1.29, 1.82) is 0 Å². The maximum atomic E-state index is 12.2. The zero-order valence-corrected chi connectivity index (χ0v) is 12.3. The van der Waals surface area contributed by atoms with Gasteiger partial charge in [0.15, 0.2) is 0 Å². The first-order valence-electron chi connectivity index (χ1n) is 7.13. The van der Waals surface area contributed by atoms with Crippen LogP contribution in [0.25, 0.3) is 0 Å². The Hall–Kier alpha value is -0.210. The van der Waals surface area contributed by atoms with Gasteiger partial charge in [0.1, 0.15) is 0 Å². The summed E-state index contributed by atoms with van der Waals surface area (Å²) in [5, 5.41) is 0. The topological polar surface area (TPSA) is 84.7 Å². The van der Waals surface area contributed by atoms with Gasteiger partial charge in [0, 0.05) is 25.2 Å². The van der Waals surface area contributed by atoms with Gasteiger partial charge < -0.3 is 10.5 Å². The molecule has 0 bridgehead atoms. The molecule has 1 saturated carbocycles. The van der Waals surface area contributed by atoms with Crippen LogP contribution >= 0.6 is 0 Å². The third kappa shape index (κ3) is 4.39. The summed E-state index contributed by atoms with van der Waals surface area (Å²) in [5.41, 5.74) is 5.95. The number of hydrogen-bond donors (Lipinski definition) is 2. The Labute approximate surface area is 115 Å². The first-order valence-corrected chi connectivity index (χ1v) is 8.57. The lowest BCUT2D eigenvalue weighted by molar-refractivity contribution is 0.0724. The van der Waals surface area contributed by atoms with Crippen molar-refractivity contribution in [2.24, 2.45) is 5.73 Å². The standard InChI is InChI=1S/C12H25N3O3S/c13-12(5-3-1-2-4-6-12)11-14-19(16,17)15-7-9-18-10-8-15/h14H,1-11,13H2. The van der Waals surface area contributed by atoms with Gasteiger partial charge >= 0.3 is 0 Å². The van der Waals surface area contributed by atoms with Gasteiger partial charge in [0.05, 0.1) is 13.2 Å². The summed E-state index contributed by atoms with van der Waals surface area (Å²) in [6.07, 6.45) is 6.40. The Bertz CT molecular complexity index is 372. The van der Waals surface area contributed by atoms with E-state index in [1.54, 1.807) is 0 Å². The van der Waals surface area contributed by atoms with Crippen molar-refractivity contribution in [2.75, 3.05) is 32.8 Å². The molecule has 0 atom stereocenters. The van der Waals surface area contributed by atoms with E-state index in [2.05, 4.69) is 4.72 Å². The fraction of sp³-hybridized carbons (Fsp3) is 1.00. The molecule has 2 rings (SSSR count). The minimum absolute atomic E-state index is 0.340. The Morgan fingerprint density at radius 3 is 2.26 bits per heavy atom. The molecule has 112 valence electrons. The van der Waals surface area contributed by atoms with Gasteiger partial charge in [-0.2, -0.15) is 12.7 Å². The summed E-state index contributed by atoms with van der Waals surface area (Å²) >= 11 is 0. The van der Waals surface area contributed by atoms with E-state index in [0.717, 1.165) is 25.7 Å². The smallest absolute Gasteiger partial charge is 0.279 e. The highest BCUT2D eigenvalue weighted by Crippen LogP contribution is 2.24. The SMILES string of the molecule is NC1(CNS(=O)(=O)N2CCOCC2)CCCCCC1. The minimum Gasteiger partial charge on any atom is -0.379 e. The van der Waals surface area contributed by atoms with Gasteiger partial charge in [-0.3, -0.25) is 0 Å². The van der Waals surface area contributed by atoms with Crippen LogP contribution in [0.1, 0.15) is 38.5 Å². The maximum absolute atomic E-state index is 12.2. The molecule has 3 N–H and O–H groups in total. The van der Waals surface area contributed by atoms with Gasteiger partial charge in [-0.15, -0.1) is 0 Å². The molecule has 0 amide bonds. The van der Waals surface area contributed by atoms with Crippen molar-refractivity contribution in [2.45, 2.75) is 44.1 Å². The fourth-order valence-corrected chi connectivity index (χ4v) is 4.00. The molecule has 2 fully saturated rings. The summed E-state index contributed by atoms with van der Waals surface area (Å²) < 4.78 is 33.6. The lowest BCUT2D eigenvalue weighted by Crippen LogP contribution is -2.54. The van der Waals surface area contributed by atoms with Crippen molar-refractivity contribution >= 4 is 10.2 Å². The lowest BCUT2D eigenvalue weighted by atomic mass is 9.92. The first kappa shape index (κ1) is 15.2. The minimum atomic E-state index is -3.41. The average Bonchev–Trinajstić information content (AvgIpc) is 2.63. The lowest BCUT2D eigenvalue weighted by Gasteiger charge is -2.31. The van der Waals surface area contributed by atoms with Crippen molar-refractivity contribution in [3.63, 3.8) is 0 Å². The van der Waals surface area contributed by atoms with Gasteiger partial charge in [0.25, 0.3) is 10.2 Å². The van der Waals surface area contributed by atoms with Crippen LogP contribution in [0.2, 0.25) is 0 Å². The molecule has 0 spiro atoms. The largest absolute Gasteiger partial charge is 0.379 e. The van der Waals surface area contributed by atoms with E-state index >= 15 is 0 Å². The maximum Gasteiger partial charge on any atom is 0.279 e. The molecule has 0 aromatic rings. The predicted octanol–water partition coefficient (Wildman–Crippen LogP) is 0.205. The van der Waals surface area contributed by atoms with Crippen LogP contribution in [0.15, 0.2) is 0 Å². The number of morpholine rings is 1. The quantitative estimate of drug-likeness (QED) is 0.725. The molecule has 1 aliphatic carbocycles. The number of nitrogens with one attached hydrogen (secondary N) is 1. The summed E-state index contributed by atoms with van der Waals surface area (Å²) in [4.78, 5) is 0. The van der Waals surface area contributed by atoms with Crippen molar-refractivity contribution < 1.29 is 13.2 Å². The van der Waals surface area contributed by atoms with Crippen LogP contribution in [-0.2, 0) is 14.9 Å². The first-order chi connectivity index (χ1) is 9.02. The monoisotopic (exact) mass is 291 g/mol. The number of rotatable bonds is 4. The average molecular weight is 291 g/mol. The second kappa shape index (κ2) is 6.49. The Balaban J connectivity index is 1.88. The molecular weight excluding hydrogens is 266 g/mol. The number of nitrogens with zero attached hydrogens (tertiary/aromatic N) is 1. The molecule has 0 aromatic heterocycles. The van der Waals surface area contributed by atoms with E-state index in [-0.39, 0.29) is 5.54 Å². The van der Waals surface area contributed by atoms with Crippen LogP contribution in [0.4, 0.5) is 0 Å². The van der Waals surface area contributed by atoms with Crippen molar-refractivity contribution in [3.8, 4) is 0 Å². The molecule has 1 saturated heterocycles. The Morgan fingerprint density at radius 2 is 1.68 bits per heavy atom. The zero-order chi connectivity index (χ0) is 13.8. The van der Waals surface area contributed by atoms with Crippen LogP contribution in [0.3, 0.4) is 0 Å². The summed E-state index contributed by atoms with van der Waals surface area (Å²) in [5.74, 6) is 0. The third-order valence-corrected chi connectivity index (χ3v) is 5.57. The van der Waals surface area contributed by atoms with Crippen LogP contribution < -0.4 is 10.5 Å². The third-order valence-electron chi connectivity index (χ3n) is 4.02. The van der Waals surface area contributed by atoms with E-state index in [1.807, 2.05) is 0 Å².